The summed E-state index contributed by atoms with van der Waals surface area (Å²) in [5, 5.41) is 9.63. The van der Waals surface area contributed by atoms with E-state index >= 15 is 0 Å². The van der Waals surface area contributed by atoms with Crippen molar-refractivity contribution < 1.29 is 18.9 Å². The second-order valence-corrected chi connectivity index (χ2v) is 5.90. The zero-order valence-corrected chi connectivity index (χ0v) is 13.8. The van der Waals surface area contributed by atoms with Gasteiger partial charge < -0.3 is 24.7 Å². The summed E-state index contributed by atoms with van der Waals surface area (Å²) in [5.41, 5.74) is 9.11. The molecule has 0 unspecified atom stereocenters. The lowest BCUT2D eigenvalue weighted by Crippen LogP contribution is -2.21. The van der Waals surface area contributed by atoms with E-state index in [1.807, 2.05) is 31.2 Å². The summed E-state index contributed by atoms with van der Waals surface area (Å²) in [7, 11) is 1.63. The first kappa shape index (κ1) is 15.2. The second kappa shape index (κ2) is 5.64. The van der Waals surface area contributed by atoms with Gasteiger partial charge in [-0.2, -0.15) is 5.26 Å². The number of nitrogens with two attached hydrogens (primary N) is 1. The van der Waals surface area contributed by atoms with Crippen LogP contribution < -0.4 is 24.7 Å². The zero-order chi connectivity index (χ0) is 17.6. The van der Waals surface area contributed by atoms with Gasteiger partial charge in [0.1, 0.15) is 23.1 Å². The number of rotatable bonds is 2. The van der Waals surface area contributed by atoms with Gasteiger partial charge in [0.15, 0.2) is 11.5 Å². The Labute approximate surface area is 145 Å². The number of fused-ring (bicyclic) bond motifs is 2. The number of allylic oxidation sites excluding steroid dienone is 1. The quantitative estimate of drug-likeness (QED) is 0.907. The van der Waals surface area contributed by atoms with Gasteiger partial charge in [-0.1, -0.05) is 12.1 Å². The SMILES string of the molecule is COc1ccc([C@H]2C(C#N)=C(N)Oc3cc4c(cc32)OCO4)cc1C. The van der Waals surface area contributed by atoms with Crippen molar-refractivity contribution in [2.24, 2.45) is 5.73 Å². The van der Waals surface area contributed by atoms with Crippen LogP contribution in [0, 0.1) is 18.3 Å². The molecule has 0 amide bonds. The van der Waals surface area contributed by atoms with Crippen molar-refractivity contribution in [1.29, 1.82) is 5.26 Å². The van der Waals surface area contributed by atoms with E-state index in [0.717, 1.165) is 22.4 Å². The first-order valence-electron chi connectivity index (χ1n) is 7.78. The summed E-state index contributed by atoms with van der Waals surface area (Å²) in [4.78, 5) is 0. The Hall–Kier alpha value is -3.33. The fourth-order valence-corrected chi connectivity index (χ4v) is 3.27. The molecule has 4 rings (SSSR count). The van der Waals surface area contributed by atoms with Crippen LogP contribution in [-0.2, 0) is 0 Å². The van der Waals surface area contributed by atoms with Crippen LogP contribution in [0.25, 0.3) is 0 Å². The summed E-state index contributed by atoms with van der Waals surface area (Å²) in [6.07, 6.45) is 0. The number of hydrogen-bond acceptors (Lipinski definition) is 6. The van der Waals surface area contributed by atoms with Gasteiger partial charge in [-0.05, 0) is 30.2 Å². The Morgan fingerprint density at radius 2 is 1.92 bits per heavy atom. The molecule has 6 nitrogen and oxygen atoms in total. The molecule has 0 radical (unpaired) electrons. The number of benzene rings is 2. The third-order valence-electron chi connectivity index (χ3n) is 4.46. The van der Waals surface area contributed by atoms with Crippen molar-refractivity contribution in [3.05, 3.63) is 58.5 Å². The molecule has 0 bridgehead atoms. The van der Waals surface area contributed by atoms with E-state index < -0.39 is 0 Å². The van der Waals surface area contributed by atoms with Gasteiger partial charge in [-0.25, -0.2) is 0 Å². The molecule has 126 valence electrons. The summed E-state index contributed by atoms with van der Waals surface area (Å²) in [5.74, 6) is 2.36. The molecule has 25 heavy (non-hydrogen) atoms. The van der Waals surface area contributed by atoms with E-state index in [4.69, 9.17) is 24.7 Å². The lowest BCUT2D eigenvalue weighted by molar-refractivity contribution is 0.174. The minimum Gasteiger partial charge on any atom is -0.496 e. The van der Waals surface area contributed by atoms with Gasteiger partial charge in [-0.3, -0.25) is 0 Å². The summed E-state index contributed by atoms with van der Waals surface area (Å²) >= 11 is 0. The smallest absolute Gasteiger partial charge is 0.231 e. The highest BCUT2D eigenvalue weighted by molar-refractivity contribution is 5.61. The molecule has 2 aromatic rings. The van der Waals surface area contributed by atoms with Gasteiger partial charge in [0.05, 0.1) is 13.0 Å². The summed E-state index contributed by atoms with van der Waals surface area (Å²) in [6, 6.07) is 11.6. The lowest BCUT2D eigenvalue weighted by Gasteiger charge is -2.27. The number of hydrogen-bond donors (Lipinski definition) is 1. The Balaban J connectivity index is 1.91. The molecular formula is C19H16N2O4. The third kappa shape index (κ3) is 2.32. The van der Waals surface area contributed by atoms with Gasteiger partial charge in [-0.15, -0.1) is 0 Å². The lowest BCUT2D eigenvalue weighted by atomic mass is 9.83. The molecule has 0 aliphatic carbocycles. The highest BCUT2D eigenvalue weighted by Gasteiger charge is 2.33. The average Bonchev–Trinajstić information content (AvgIpc) is 3.06. The molecule has 2 aliphatic heterocycles. The molecule has 2 aromatic carbocycles. The molecule has 2 heterocycles. The van der Waals surface area contributed by atoms with Gasteiger partial charge in [0, 0.05) is 11.6 Å². The molecule has 0 spiro atoms. The average molecular weight is 336 g/mol. The number of nitriles is 1. The van der Waals surface area contributed by atoms with Crippen LogP contribution in [0.15, 0.2) is 41.8 Å². The number of methoxy groups -OCH3 is 1. The molecule has 0 fully saturated rings. The Kier molecular flexibility index (Phi) is 3.43. The van der Waals surface area contributed by atoms with Crippen molar-refractivity contribution in [1.82, 2.24) is 0 Å². The van der Waals surface area contributed by atoms with Crippen LogP contribution in [-0.4, -0.2) is 13.9 Å². The molecule has 0 saturated carbocycles. The fraction of sp³-hybridized carbons (Fsp3) is 0.211. The monoisotopic (exact) mass is 336 g/mol. The van der Waals surface area contributed by atoms with Crippen LogP contribution in [0.5, 0.6) is 23.0 Å². The molecule has 6 heteroatoms. The van der Waals surface area contributed by atoms with Crippen molar-refractivity contribution in [3.8, 4) is 29.1 Å². The first-order chi connectivity index (χ1) is 12.1. The maximum Gasteiger partial charge on any atom is 0.231 e. The predicted octanol–water partition coefficient (Wildman–Crippen LogP) is 2.95. The normalized spacial score (nSPS) is 17.6. The molecule has 2 aliphatic rings. The van der Waals surface area contributed by atoms with Crippen LogP contribution in [0.4, 0.5) is 0 Å². The maximum absolute atomic E-state index is 9.63. The molecule has 0 saturated heterocycles. The Bertz CT molecular complexity index is 943. The third-order valence-corrected chi connectivity index (χ3v) is 4.46. The maximum atomic E-state index is 9.63. The van der Waals surface area contributed by atoms with Crippen LogP contribution >= 0.6 is 0 Å². The van der Waals surface area contributed by atoms with Crippen molar-refractivity contribution in [3.63, 3.8) is 0 Å². The Morgan fingerprint density at radius 1 is 1.16 bits per heavy atom. The highest BCUT2D eigenvalue weighted by Crippen LogP contribution is 2.48. The predicted molar refractivity (Wildman–Crippen MR) is 89.6 cm³/mol. The van der Waals surface area contributed by atoms with Crippen LogP contribution in [0.1, 0.15) is 22.6 Å². The number of aryl methyl sites for hydroxylation is 1. The second-order valence-electron chi connectivity index (χ2n) is 5.90. The number of ether oxygens (including phenoxy) is 4. The molecular weight excluding hydrogens is 320 g/mol. The van der Waals surface area contributed by atoms with E-state index in [1.54, 1.807) is 13.2 Å². The van der Waals surface area contributed by atoms with Gasteiger partial charge >= 0.3 is 0 Å². The molecule has 2 N–H and O–H groups in total. The topological polar surface area (TPSA) is 86.7 Å². The molecule has 0 aromatic heterocycles. The summed E-state index contributed by atoms with van der Waals surface area (Å²) in [6.45, 7) is 2.12. The minimum atomic E-state index is -0.340. The fourth-order valence-electron chi connectivity index (χ4n) is 3.27. The van der Waals surface area contributed by atoms with E-state index in [1.165, 1.54) is 0 Å². The zero-order valence-electron chi connectivity index (χ0n) is 13.8. The minimum absolute atomic E-state index is 0.104. The largest absolute Gasteiger partial charge is 0.496 e. The van der Waals surface area contributed by atoms with E-state index in [0.29, 0.717) is 22.8 Å². The van der Waals surface area contributed by atoms with Crippen LogP contribution in [0.3, 0.4) is 0 Å². The van der Waals surface area contributed by atoms with Gasteiger partial charge in [0.25, 0.3) is 0 Å². The van der Waals surface area contributed by atoms with Crippen molar-refractivity contribution in [2.75, 3.05) is 13.9 Å². The van der Waals surface area contributed by atoms with Gasteiger partial charge in [0.2, 0.25) is 12.7 Å². The summed E-state index contributed by atoms with van der Waals surface area (Å²) < 4.78 is 21.9. The Morgan fingerprint density at radius 3 is 2.60 bits per heavy atom. The number of nitrogens with zero attached hydrogens (tertiary/aromatic N) is 1. The van der Waals surface area contributed by atoms with Crippen molar-refractivity contribution in [2.45, 2.75) is 12.8 Å². The first-order valence-corrected chi connectivity index (χ1v) is 7.78. The molecule has 1 atom stereocenters. The van der Waals surface area contributed by atoms with E-state index in [2.05, 4.69) is 6.07 Å². The van der Waals surface area contributed by atoms with E-state index in [9.17, 15) is 5.26 Å². The van der Waals surface area contributed by atoms with Crippen molar-refractivity contribution >= 4 is 0 Å². The van der Waals surface area contributed by atoms with E-state index in [-0.39, 0.29) is 18.6 Å². The highest BCUT2D eigenvalue weighted by atomic mass is 16.7. The standard InChI is InChI=1S/C19H16N2O4/c1-10-5-11(3-4-14(10)22-2)18-12-6-16-17(24-9-23-16)7-15(12)25-19(21)13(18)8-20/h3-7,18H,9,21H2,1-2H3/t18-/m1/s1. The van der Waals surface area contributed by atoms with Crippen LogP contribution in [0.2, 0.25) is 0 Å².